The zero-order valence-corrected chi connectivity index (χ0v) is 11.9. The quantitative estimate of drug-likeness (QED) is 0.549. The van der Waals surface area contributed by atoms with Gasteiger partial charge in [-0.1, -0.05) is 54.1 Å². The molecule has 0 radical (unpaired) electrons. The summed E-state index contributed by atoms with van der Waals surface area (Å²) in [6, 6.07) is 23.1. The largest absolute Gasteiger partial charge is 0.121 e. The molecule has 3 aromatic carbocycles. The topological polar surface area (TPSA) is 0 Å². The van der Waals surface area contributed by atoms with Crippen molar-refractivity contribution in [1.29, 1.82) is 0 Å². The van der Waals surface area contributed by atoms with Crippen LogP contribution in [0.4, 0.5) is 0 Å². The first-order valence-corrected chi connectivity index (χ1v) is 7.54. The maximum Gasteiger partial charge on any atom is 0.0406 e. The van der Waals surface area contributed by atoms with Crippen molar-refractivity contribution in [3.63, 3.8) is 0 Å². The molecule has 0 aliphatic rings. The van der Waals surface area contributed by atoms with Gasteiger partial charge in [0.25, 0.3) is 0 Å². The SMILES string of the molecule is Clc1ccc(CSc2ccc3ccccc3c2)cc1. The van der Waals surface area contributed by atoms with Crippen LogP contribution in [0.15, 0.2) is 71.6 Å². The van der Waals surface area contributed by atoms with Crippen molar-refractivity contribution >= 4 is 34.1 Å². The summed E-state index contributed by atoms with van der Waals surface area (Å²) in [6.07, 6.45) is 0. The average Bonchev–Trinajstić information content (AvgIpc) is 2.46. The monoisotopic (exact) mass is 284 g/mol. The Hall–Kier alpha value is -1.44. The van der Waals surface area contributed by atoms with Gasteiger partial charge < -0.3 is 0 Å². The number of rotatable bonds is 3. The van der Waals surface area contributed by atoms with E-state index in [0.29, 0.717) is 0 Å². The molecule has 0 aliphatic heterocycles. The van der Waals surface area contributed by atoms with Gasteiger partial charge in [0.15, 0.2) is 0 Å². The predicted octanol–water partition coefficient (Wildman–Crippen LogP) is 5.79. The highest BCUT2D eigenvalue weighted by Gasteiger charge is 1.99. The summed E-state index contributed by atoms with van der Waals surface area (Å²) in [5.41, 5.74) is 1.29. The van der Waals surface area contributed by atoms with Crippen LogP contribution in [0.2, 0.25) is 5.02 Å². The van der Waals surface area contributed by atoms with E-state index in [1.165, 1.54) is 21.2 Å². The third-order valence-corrected chi connectivity index (χ3v) is 4.36. The molecule has 0 bridgehead atoms. The van der Waals surface area contributed by atoms with Crippen LogP contribution >= 0.6 is 23.4 Å². The van der Waals surface area contributed by atoms with E-state index in [2.05, 4.69) is 54.6 Å². The van der Waals surface area contributed by atoms with Crippen LogP contribution in [0.3, 0.4) is 0 Å². The predicted molar refractivity (Wildman–Crippen MR) is 85.0 cm³/mol. The van der Waals surface area contributed by atoms with Crippen molar-refractivity contribution < 1.29 is 0 Å². The van der Waals surface area contributed by atoms with Crippen LogP contribution in [0, 0.1) is 0 Å². The van der Waals surface area contributed by atoms with Crippen molar-refractivity contribution in [2.75, 3.05) is 0 Å². The standard InChI is InChI=1S/C17H13ClS/c18-16-8-5-13(6-9-16)12-19-17-10-7-14-3-1-2-4-15(14)11-17/h1-11H,12H2. The van der Waals surface area contributed by atoms with Gasteiger partial charge in [0, 0.05) is 15.7 Å². The molecule has 0 saturated heterocycles. The van der Waals surface area contributed by atoms with Crippen molar-refractivity contribution in [1.82, 2.24) is 0 Å². The van der Waals surface area contributed by atoms with E-state index in [-0.39, 0.29) is 0 Å². The molecule has 3 aromatic rings. The summed E-state index contributed by atoms with van der Waals surface area (Å²) < 4.78 is 0. The van der Waals surface area contributed by atoms with Crippen LogP contribution in [0.25, 0.3) is 10.8 Å². The van der Waals surface area contributed by atoms with Crippen molar-refractivity contribution in [3.05, 3.63) is 77.3 Å². The molecule has 0 aromatic heterocycles. The van der Waals surface area contributed by atoms with Crippen molar-refractivity contribution in [2.24, 2.45) is 0 Å². The van der Waals surface area contributed by atoms with E-state index < -0.39 is 0 Å². The maximum atomic E-state index is 5.89. The third-order valence-electron chi connectivity index (χ3n) is 3.04. The fourth-order valence-electron chi connectivity index (χ4n) is 2.00. The molecule has 0 fully saturated rings. The minimum absolute atomic E-state index is 0.791. The minimum atomic E-state index is 0.791. The van der Waals surface area contributed by atoms with E-state index in [1.54, 1.807) is 0 Å². The highest BCUT2D eigenvalue weighted by molar-refractivity contribution is 7.98. The maximum absolute atomic E-state index is 5.89. The molecule has 0 N–H and O–H groups in total. The lowest BCUT2D eigenvalue weighted by molar-refractivity contribution is 1.39. The van der Waals surface area contributed by atoms with Gasteiger partial charge in [-0.3, -0.25) is 0 Å². The van der Waals surface area contributed by atoms with E-state index in [4.69, 9.17) is 11.6 Å². The van der Waals surface area contributed by atoms with E-state index >= 15 is 0 Å². The molecule has 0 heterocycles. The number of hydrogen-bond acceptors (Lipinski definition) is 1. The van der Waals surface area contributed by atoms with Gasteiger partial charge in [-0.2, -0.15) is 0 Å². The van der Waals surface area contributed by atoms with Gasteiger partial charge in [-0.05, 0) is 40.6 Å². The van der Waals surface area contributed by atoms with Crippen LogP contribution in [0.1, 0.15) is 5.56 Å². The second-order valence-electron chi connectivity index (χ2n) is 4.42. The first-order chi connectivity index (χ1) is 9.31. The Labute approximate surface area is 122 Å². The first-order valence-electron chi connectivity index (χ1n) is 6.17. The van der Waals surface area contributed by atoms with Crippen LogP contribution in [-0.2, 0) is 5.75 Å². The molecule has 94 valence electrons. The summed E-state index contributed by atoms with van der Waals surface area (Å²) in [7, 11) is 0. The van der Waals surface area contributed by atoms with Gasteiger partial charge in [-0.25, -0.2) is 0 Å². The highest BCUT2D eigenvalue weighted by atomic mass is 35.5. The second kappa shape index (κ2) is 5.68. The number of halogens is 1. The molecule has 0 nitrogen and oxygen atoms in total. The number of benzene rings is 3. The van der Waals surface area contributed by atoms with Crippen molar-refractivity contribution in [3.8, 4) is 0 Å². The van der Waals surface area contributed by atoms with E-state index in [1.807, 2.05) is 23.9 Å². The lowest BCUT2D eigenvalue weighted by Crippen LogP contribution is -1.80. The van der Waals surface area contributed by atoms with Crippen LogP contribution in [0.5, 0.6) is 0 Å². The summed E-state index contributed by atoms with van der Waals surface area (Å²) in [6.45, 7) is 0. The molecule has 0 aliphatic carbocycles. The number of hydrogen-bond donors (Lipinski definition) is 0. The molecule has 0 spiro atoms. The van der Waals surface area contributed by atoms with Gasteiger partial charge in [0.1, 0.15) is 0 Å². The van der Waals surface area contributed by atoms with Crippen molar-refractivity contribution in [2.45, 2.75) is 10.6 Å². The molecule has 0 saturated carbocycles. The van der Waals surface area contributed by atoms with Gasteiger partial charge >= 0.3 is 0 Å². The van der Waals surface area contributed by atoms with Gasteiger partial charge in [0.05, 0.1) is 0 Å². The Bertz CT molecular complexity index is 689. The fourth-order valence-corrected chi connectivity index (χ4v) is 3.03. The Morgan fingerprint density at radius 1 is 0.789 bits per heavy atom. The van der Waals surface area contributed by atoms with Crippen LogP contribution in [-0.4, -0.2) is 0 Å². The lowest BCUT2D eigenvalue weighted by atomic mass is 10.1. The molecule has 3 rings (SSSR count). The second-order valence-corrected chi connectivity index (χ2v) is 5.91. The molecular weight excluding hydrogens is 272 g/mol. The molecule has 0 unspecified atom stereocenters. The van der Waals surface area contributed by atoms with Crippen LogP contribution < -0.4 is 0 Å². The number of fused-ring (bicyclic) bond motifs is 1. The summed E-state index contributed by atoms with van der Waals surface area (Å²) >= 11 is 7.74. The minimum Gasteiger partial charge on any atom is -0.121 e. The normalized spacial score (nSPS) is 10.8. The Morgan fingerprint density at radius 2 is 1.53 bits per heavy atom. The average molecular weight is 285 g/mol. The highest BCUT2D eigenvalue weighted by Crippen LogP contribution is 2.26. The van der Waals surface area contributed by atoms with E-state index in [0.717, 1.165) is 10.8 Å². The molecule has 2 heteroatoms. The molecule has 0 atom stereocenters. The van der Waals surface area contributed by atoms with E-state index in [9.17, 15) is 0 Å². The summed E-state index contributed by atoms with van der Waals surface area (Å²) in [5.74, 6) is 0.968. The zero-order chi connectivity index (χ0) is 13.1. The van der Waals surface area contributed by atoms with Gasteiger partial charge in [0.2, 0.25) is 0 Å². The Balaban J connectivity index is 1.76. The zero-order valence-electron chi connectivity index (χ0n) is 10.3. The fraction of sp³-hybridized carbons (Fsp3) is 0.0588. The first kappa shape index (κ1) is 12.6. The third kappa shape index (κ3) is 3.12. The number of thioether (sulfide) groups is 1. The Kier molecular flexibility index (Phi) is 3.77. The smallest absolute Gasteiger partial charge is 0.0406 e. The molecule has 19 heavy (non-hydrogen) atoms. The van der Waals surface area contributed by atoms with Gasteiger partial charge in [-0.15, -0.1) is 11.8 Å². The summed E-state index contributed by atoms with van der Waals surface area (Å²) in [4.78, 5) is 1.30. The lowest BCUT2D eigenvalue weighted by Gasteiger charge is -2.04. The summed E-state index contributed by atoms with van der Waals surface area (Å²) in [5, 5.41) is 3.38. The Morgan fingerprint density at radius 3 is 2.32 bits per heavy atom. The molecule has 0 amide bonds. The molecular formula is C17H13ClS.